The van der Waals surface area contributed by atoms with Gasteiger partial charge in [0.25, 0.3) is 11.2 Å². The Kier molecular flexibility index (Phi) is 11.3. The zero-order valence-corrected chi connectivity index (χ0v) is 28.8. The fourth-order valence-corrected chi connectivity index (χ4v) is 8.12. The first kappa shape index (κ1) is 38.7. The molecule has 25 heteroatoms. The number of hydrogen-bond acceptors (Lipinski definition) is 15. The Hall–Kier alpha value is -3.07. The van der Waals surface area contributed by atoms with Gasteiger partial charge in [0.05, 0.1) is 54.5 Å². The van der Waals surface area contributed by atoms with Crippen LogP contribution in [0.4, 0.5) is 11.6 Å². The summed E-state index contributed by atoms with van der Waals surface area (Å²) in [5.74, 6) is -0.00558. The largest absolute Gasteiger partial charge is 0.497 e. The highest BCUT2D eigenvalue weighted by molar-refractivity contribution is 7.66. The van der Waals surface area contributed by atoms with Crippen molar-refractivity contribution in [1.82, 2.24) is 14.5 Å². The van der Waals surface area contributed by atoms with Gasteiger partial charge in [0.1, 0.15) is 18.1 Å². The lowest BCUT2D eigenvalue weighted by Gasteiger charge is -2.31. The van der Waals surface area contributed by atoms with Gasteiger partial charge in [-0.15, -0.1) is 0 Å². The highest BCUT2D eigenvalue weighted by Crippen LogP contribution is 2.66. The third kappa shape index (κ3) is 9.59. The van der Waals surface area contributed by atoms with E-state index in [0.717, 1.165) is 0 Å². The molecule has 0 aliphatic carbocycles. The van der Waals surface area contributed by atoms with E-state index in [0.29, 0.717) is 0 Å². The molecule has 1 aliphatic heterocycles. The minimum absolute atomic E-state index is 0.00618. The normalized spacial score (nSPS) is 21.7. The number of nitrogens with one attached hydrogen (secondary N) is 1. The van der Waals surface area contributed by atoms with Crippen molar-refractivity contribution in [2.45, 2.75) is 58.3 Å². The van der Waals surface area contributed by atoms with Crippen LogP contribution in [0, 0.1) is 15.5 Å². The number of fused-ring (bicyclic) bond motifs is 1. The SMILES string of the molecule is COc1ccc(C(OCc2cn([C@H]3CC(O)[C@@H](COP(=O)(O)OP(=O)(O)OP(=O)(O)O)O3)c3nc(N)[nH]c(=O)c23)C(C)(C)C)c([N+](=O)[O-])c1. The van der Waals surface area contributed by atoms with Gasteiger partial charge in [-0.05, 0) is 17.5 Å². The molecule has 1 saturated heterocycles. The van der Waals surface area contributed by atoms with E-state index in [2.05, 4.69) is 23.1 Å². The van der Waals surface area contributed by atoms with E-state index in [1.54, 1.807) is 26.8 Å². The van der Waals surface area contributed by atoms with Crippen molar-refractivity contribution >= 4 is 46.1 Å². The Morgan fingerprint density at radius 1 is 1.18 bits per heavy atom. The lowest BCUT2D eigenvalue weighted by Crippen LogP contribution is -2.26. The van der Waals surface area contributed by atoms with Crippen molar-refractivity contribution in [1.29, 1.82) is 0 Å². The van der Waals surface area contributed by atoms with E-state index in [9.17, 15) is 43.5 Å². The Bertz CT molecular complexity index is 1920. The molecule has 272 valence electrons. The number of aliphatic hydroxyl groups is 1. The molecule has 3 heterocycles. The number of aromatic amines is 1. The van der Waals surface area contributed by atoms with Crippen LogP contribution in [-0.2, 0) is 42.9 Å². The van der Waals surface area contributed by atoms with Gasteiger partial charge in [-0.3, -0.25) is 24.4 Å². The van der Waals surface area contributed by atoms with Gasteiger partial charge >= 0.3 is 23.5 Å². The Morgan fingerprint density at radius 2 is 1.86 bits per heavy atom. The molecular weight excluding hydrogens is 723 g/mol. The van der Waals surface area contributed by atoms with Crippen molar-refractivity contribution < 1.29 is 70.7 Å². The van der Waals surface area contributed by atoms with Crippen LogP contribution >= 0.6 is 23.5 Å². The summed E-state index contributed by atoms with van der Waals surface area (Å²) in [6, 6.07) is 4.34. The second kappa shape index (κ2) is 14.3. The Labute approximate surface area is 276 Å². The molecule has 0 bridgehead atoms. The Balaban J connectivity index is 1.59. The first-order valence-corrected chi connectivity index (χ1v) is 18.5. The molecule has 0 amide bonds. The van der Waals surface area contributed by atoms with Crippen molar-refractivity contribution in [3.8, 4) is 5.75 Å². The number of benzene rings is 1. The molecule has 0 saturated carbocycles. The zero-order valence-electron chi connectivity index (χ0n) is 26.1. The van der Waals surface area contributed by atoms with Gasteiger partial charge in [-0.2, -0.15) is 13.6 Å². The van der Waals surface area contributed by atoms with E-state index in [4.69, 9.17) is 29.7 Å². The quantitative estimate of drug-likeness (QED) is 0.0705. The molecule has 2 aromatic heterocycles. The van der Waals surface area contributed by atoms with Crippen LogP contribution in [0.5, 0.6) is 5.75 Å². The van der Waals surface area contributed by atoms with Crippen molar-refractivity contribution in [2.75, 3.05) is 19.5 Å². The number of anilines is 1. The van der Waals surface area contributed by atoms with E-state index in [-0.39, 0.29) is 52.6 Å². The molecule has 3 aromatic rings. The lowest BCUT2D eigenvalue weighted by molar-refractivity contribution is -0.386. The fraction of sp³-hybridized carbons (Fsp3) is 0.500. The molecule has 4 unspecified atom stereocenters. The molecule has 49 heavy (non-hydrogen) atoms. The number of nitro benzene ring substituents is 1. The van der Waals surface area contributed by atoms with Crippen LogP contribution in [0.25, 0.3) is 11.0 Å². The molecule has 1 fully saturated rings. The van der Waals surface area contributed by atoms with Crippen LogP contribution in [0.15, 0.2) is 29.2 Å². The number of nitrogens with zero attached hydrogens (tertiary/aromatic N) is 3. The van der Waals surface area contributed by atoms with Gasteiger partial charge in [0.15, 0.2) is 5.65 Å². The second-order valence-corrected chi connectivity index (χ2v) is 16.2. The summed E-state index contributed by atoms with van der Waals surface area (Å²) in [5.41, 5.74) is 4.69. The van der Waals surface area contributed by atoms with E-state index >= 15 is 0 Å². The number of rotatable bonds is 14. The van der Waals surface area contributed by atoms with Crippen LogP contribution in [-0.4, -0.2) is 70.1 Å². The number of nitrogen functional groups attached to an aromatic ring is 1. The van der Waals surface area contributed by atoms with Crippen LogP contribution in [0.3, 0.4) is 0 Å². The number of hydrogen-bond donors (Lipinski definition) is 7. The Morgan fingerprint density at radius 3 is 2.45 bits per heavy atom. The molecular formula is C24H34N5O17P3. The topological polar surface area (TPSA) is 328 Å². The molecule has 0 spiro atoms. The smallest absolute Gasteiger partial charge is 0.490 e. The summed E-state index contributed by atoms with van der Waals surface area (Å²) >= 11 is 0. The van der Waals surface area contributed by atoms with E-state index in [1.807, 2.05) is 0 Å². The number of H-pyrrole nitrogens is 1. The summed E-state index contributed by atoms with van der Waals surface area (Å²) in [5, 5.41) is 22.6. The molecule has 1 aromatic carbocycles. The second-order valence-electron chi connectivity index (χ2n) is 11.8. The van der Waals surface area contributed by atoms with Gasteiger partial charge < -0.3 is 49.2 Å². The van der Waals surface area contributed by atoms with Crippen LogP contribution in [0.2, 0.25) is 0 Å². The number of methoxy groups -OCH3 is 1. The number of phosphoric ester groups is 1. The molecule has 0 radical (unpaired) electrons. The van der Waals surface area contributed by atoms with Crippen molar-refractivity contribution in [3.63, 3.8) is 0 Å². The fourth-order valence-electron chi connectivity index (χ4n) is 5.09. The predicted molar refractivity (Wildman–Crippen MR) is 166 cm³/mol. The zero-order chi connectivity index (χ0) is 36.7. The van der Waals surface area contributed by atoms with Crippen LogP contribution < -0.4 is 16.0 Å². The summed E-state index contributed by atoms with van der Waals surface area (Å²) in [7, 11) is -15.5. The maximum Gasteiger partial charge on any atom is 0.490 e. The van der Waals surface area contributed by atoms with Gasteiger partial charge in [-0.1, -0.05) is 20.8 Å². The molecule has 22 nitrogen and oxygen atoms in total. The number of aliphatic hydroxyl groups excluding tert-OH is 1. The van der Waals surface area contributed by atoms with Gasteiger partial charge in [0.2, 0.25) is 5.95 Å². The van der Waals surface area contributed by atoms with Crippen molar-refractivity contribution in [2.24, 2.45) is 5.41 Å². The average Bonchev–Trinajstić information content (AvgIpc) is 3.49. The summed E-state index contributed by atoms with van der Waals surface area (Å²) in [4.78, 5) is 67.5. The predicted octanol–water partition coefficient (Wildman–Crippen LogP) is 2.52. The monoisotopic (exact) mass is 757 g/mol. The minimum atomic E-state index is -5.77. The third-order valence-electron chi connectivity index (χ3n) is 7.02. The highest BCUT2D eigenvalue weighted by atomic mass is 31.3. The first-order valence-electron chi connectivity index (χ1n) is 14.0. The van der Waals surface area contributed by atoms with Gasteiger partial charge in [0, 0.05) is 18.2 Å². The highest BCUT2D eigenvalue weighted by Gasteiger charge is 2.43. The van der Waals surface area contributed by atoms with Gasteiger partial charge in [-0.25, -0.2) is 13.7 Å². The maximum absolute atomic E-state index is 13.1. The molecule has 8 N–H and O–H groups in total. The van der Waals surface area contributed by atoms with Crippen molar-refractivity contribution in [3.05, 3.63) is 56.0 Å². The number of ether oxygens (including phenoxy) is 3. The number of nitrogens with two attached hydrogens (primary N) is 1. The lowest BCUT2D eigenvalue weighted by atomic mass is 9.84. The standard InChI is InChI=1S/C24H34N5O17P3/c1-24(2,3)20(14-6-5-13(41-4)7-15(14)29(32)33)42-10-12-9-28(21-19(12)22(31)27-23(25)26-21)18-8-16(30)17(44-18)11-43-48(37,38)46-49(39,40)45-47(34,35)36/h5-7,9,16-18,20,30H,8,10-11H2,1-4H3,(H,37,38)(H,39,40)(H2,34,35,36)(H3,25,26,27,31)/t16?,17-,18-,20?/m1/s1. The van der Waals surface area contributed by atoms with E-state index < -0.39 is 70.5 Å². The summed E-state index contributed by atoms with van der Waals surface area (Å²) in [6.45, 7) is 4.22. The molecule has 6 atom stereocenters. The minimum Gasteiger partial charge on any atom is -0.497 e. The molecule has 4 rings (SSSR count). The molecule has 1 aliphatic rings. The average molecular weight is 757 g/mol. The first-order chi connectivity index (χ1) is 22.5. The maximum atomic E-state index is 13.1. The number of phosphoric acid groups is 3. The third-order valence-corrected chi connectivity index (χ3v) is 10.8. The summed E-state index contributed by atoms with van der Waals surface area (Å²) in [6.07, 6.45) is -3.53. The number of aromatic nitrogens is 3. The van der Waals surface area contributed by atoms with Crippen LogP contribution in [0.1, 0.15) is 50.7 Å². The number of nitro groups is 1. The van der Waals surface area contributed by atoms with E-state index in [1.165, 1.54) is 30.0 Å². The summed E-state index contributed by atoms with van der Waals surface area (Å²) < 4.78 is 65.0.